The zero-order chi connectivity index (χ0) is 16.4. The van der Waals surface area contributed by atoms with Gasteiger partial charge in [0.2, 0.25) is 0 Å². The molecule has 1 aromatic heterocycles. The molecule has 0 bridgehead atoms. The highest BCUT2D eigenvalue weighted by atomic mass is 35.5. The van der Waals surface area contributed by atoms with Crippen LogP contribution in [0.25, 0.3) is 11.0 Å². The average Bonchev–Trinajstić information content (AvgIpc) is 2.96. The molecule has 1 heterocycles. The molecular weight excluding hydrogens is 318 g/mol. The molecule has 0 saturated heterocycles. The molecule has 118 valence electrons. The van der Waals surface area contributed by atoms with E-state index in [1.165, 1.54) is 13.2 Å². The SMILES string of the molecule is COc1ccc(CNC(=O)c2cc3cc(Cl)ccc3o2)c(O)c1. The van der Waals surface area contributed by atoms with Gasteiger partial charge in [-0.15, -0.1) is 0 Å². The fourth-order valence-corrected chi connectivity index (χ4v) is 2.39. The van der Waals surface area contributed by atoms with Crippen molar-refractivity contribution in [3.05, 3.63) is 58.8 Å². The molecule has 0 radical (unpaired) electrons. The van der Waals surface area contributed by atoms with Crippen LogP contribution in [0.2, 0.25) is 5.02 Å². The molecule has 3 aromatic rings. The normalized spacial score (nSPS) is 10.7. The Morgan fingerprint density at radius 2 is 2.09 bits per heavy atom. The summed E-state index contributed by atoms with van der Waals surface area (Å²) in [7, 11) is 1.52. The largest absolute Gasteiger partial charge is 0.507 e. The first kappa shape index (κ1) is 15.2. The van der Waals surface area contributed by atoms with Crippen molar-refractivity contribution in [1.29, 1.82) is 0 Å². The Hall–Kier alpha value is -2.66. The second-order valence-electron chi connectivity index (χ2n) is 4.97. The Morgan fingerprint density at radius 3 is 2.83 bits per heavy atom. The Morgan fingerprint density at radius 1 is 1.26 bits per heavy atom. The van der Waals surface area contributed by atoms with E-state index < -0.39 is 0 Å². The van der Waals surface area contributed by atoms with E-state index in [-0.39, 0.29) is 24.0 Å². The van der Waals surface area contributed by atoms with Gasteiger partial charge in [0.1, 0.15) is 17.1 Å². The quantitative estimate of drug-likeness (QED) is 0.764. The number of fused-ring (bicyclic) bond motifs is 1. The second-order valence-corrected chi connectivity index (χ2v) is 5.41. The highest BCUT2D eigenvalue weighted by molar-refractivity contribution is 6.31. The first-order valence-corrected chi connectivity index (χ1v) is 7.28. The van der Waals surface area contributed by atoms with Crippen LogP contribution < -0.4 is 10.1 Å². The number of benzene rings is 2. The molecule has 0 atom stereocenters. The zero-order valence-electron chi connectivity index (χ0n) is 12.3. The summed E-state index contributed by atoms with van der Waals surface area (Å²) in [5.41, 5.74) is 1.17. The van der Waals surface area contributed by atoms with E-state index in [0.717, 1.165) is 5.39 Å². The maximum Gasteiger partial charge on any atom is 0.287 e. The van der Waals surface area contributed by atoms with Crippen LogP contribution in [0.1, 0.15) is 16.1 Å². The van der Waals surface area contributed by atoms with Gasteiger partial charge >= 0.3 is 0 Å². The molecule has 23 heavy (non-hydrogen) atoms. The highest BCUT2D eigenvalue weighted by Crippen LogP contribution is 2.24. The third kappa shape index (κ3) is 3.24. The number of hydrogen-bond acceptors (Lipinski definition) is 4. The van der Waals surface area contributed by atoms with E-state index in [9.17, 15) is 9.90 Å². The number of ether oxygens (including phenoxy) is 1. The molecule has 0 saturated carbocycles. The van der Waals surface area contributed by atoms with Gasteiger partial charge in [-0.1, -0.05) is 11.6 Å². The van der Waals surface area contributed by atoms with Gasteiger partial charge in [-0.05, 0) is 36.4 Å². The molecular formula is C17H14ClNO4. The summed E-state index contributed by atoms with van der Waals surface area (Å²) in [4.78, 5) is 12.2. The molecule has 3 rings (SSSR count). The van der Waals surface area contributed by atoms with Crippen molar-refractivity contribution in [2.24, 2.45) is 0 Å². The third-order valence-electron chi connectivity index (χ3n) is 3.43. The zero-order valence-corrected chi connectivity index (χ0v) is 13.1. The molecule has 0 aliphatic carbocycles. The van der Waals surface area contributed by atoms with Crippen molar-refractivity contribution in [2.75, 3.05) is 7.11 Å². The van der Waals surface area contributed by atoms with Crippen molar-refractivity contribution in [3.63, 3.8) is 0 Å². The standard InChI is InChI=1S/C17H14ClNO4/c1-22-13-4-2-10(14(20)8-13)9-19-17(21)16-7-11-6-12(18)3-5-15(11)23-16/h2-8,20H,9H2,1H3,(H,19,21). The summed E-state index contributed by atoms with van der Waals surface area (Å²) >= 11 is 5.91. The van der Waals surface area contributed by atoms with Gasteiger partial charge in [-0.3, -0.25) is 4.79 Å². The van der Waals surface area contributed by atoms with E-state index in [0.29, 0.717) is 21.9 Å². The monoisotopic (exact) mass is 331 g/mol. The van der Waals surface area contributed by atoms with Crippen LogP contribution >= 0.6 is 11.6 Å². The van der Waals surface area contributed by atoms with Gasteiger partial charge in [0.15, 0.2) is 5.76 Å². The molecule has 0 spiro atoms. The molecule has 0 unspecified atom stereocenters. The summed E-state index contributed by atoms with van der Waals surface area (Å²) < 4.78 is 10.5. The molecule has 0 fully saturated rings. The number of carbonyl (C=O) groups is 1. The van der Waals surface area contributed by atoms with Gasteiger partial charge in [-0.2, -0.15) is 0 Å². The maximum atomic E-state index is 12.2. The van der Waals surface area contributed by atoms with Crippen LogP contribution in [0.15, 0.2) is 46.9 Å². The number of amides is 1. The Labute approximate surface area is 137 Å². The highest BCUT2D eigenvalue weighted by Gasteiger charge is 2.13. The van der Waals surface area contributed by atoms with Gasteiger partial charge in [0.05, 0.1) is 7.11 Å². The van der Waals surface area contributed by atoms with E-state index >= 15 is 0 Å². The number of furan rings is 1. The van der Waals surface area contributed by atoms with Crippen molar-refractivity contribution < 1.29 is 19.1 Å². The maximum absolute atomic E-state index is 12.2. The van der Waals surface area contributed by atoms with Crippen molar-refractivity contribution in [3.8, 4) is 11.5 Å². The van der Waals surface area contributed by atoms with E-state index in [1.807, 2.05) is 0 Å². The van der Waals surface area contributed by atoms with Gasteiger partial charge in [-0.25, -0.2) is 0 Å². The molecule has 0 aliphatic heterocycles. The fraction of sp³-hybridized carbons (Fsp3) is 0.118. The molecule has 1 amide bonds. The summed E-state index contributed by atoms with van der Waals surface area (Å²) in [6.07, 6.45) is 0. The summed E-state index contributed by atoms with van der Waals surface area (Å²) in [6, 6.07) is 11.7. The third-order valence-corrected chi connectivity index (χ3v) is 3.67. The number of nitrogens with one attached hydrogen (secondary N) is 1. The van der Waals surface area contributed by atoms with Crippen LogP contribution in [-0.2, 0) is 6.54 Å². The smallest absolute Gasteiger partial charge is 0.287 e. The van der Waals surface area contributed by atoms with Gasteiger partial charge in [0.25, 0.3) is 5.91 Å². The minimum Gasteiger partial charge on any atom is -0.507 e. The van der Waals surface area contributed by atoms with Gasteiger partial charge < -0.3 is 19.6 Å². The van der Waals surface area contributed by atoms with E-state index in [2.05, 4.69) is 5.32 Å². The second kappa shape index (κ2) is 6.22. The lowest BCUT2D eigenvalue weighted by Gasteiger charge is -2.07. The Bertz CT molecular complexity index is 872. The minimum absolute atomic E-state index is 0.0565. The van der Waals surface area contributed by atoms with Crippen molar-refractivity contribution >= 4 is 28.5 Å². The number of phenols is 1. The van der Waals surface area contributed by atoms with Gasteiger partial charge in [0, 0.05) is 28.6 Å². The van der Waals surface area contributed by atoms with Crippen molar-refractivity contribution in [1.82, 2.24) is 5.32 Å². The Balaban J connectivity index is 1.73. The minimum atomic E-state index is -0.368. The van der Waals surface area contributed by atoms with Crippen LogP contribution in [-0.4, -0.2) is 18.1 Å². The molecule has 6 heteroatoms. The number of rotatable bonds is 4. The summed E-state index contributed by atoms with van der Waals surface area (Å²) in [5.74, 6) is 0.426. The lowest BCUT2D eigenvalue weighted by molar-refractivity contribution is 0.0925. The number of phenolic OH excluding ortho intramolecular Hbond substituents is 1. The first-order valence-electron chi connectivity index (χ1n) is 6.90. The number of halogens is 1. The average molecular weight is 332 g/mol. The van der Waals surface area contributed by atoms with E-state index in [4.69, 9.17) is 20.8 Å². The molecule has 5 nitrogen and oxygen atoms in total. The predicted octanol–water partition coefficient (Wildman–Crippen LogP) is 3.73. The predicted molar refractivity (Wildman–Crippen MR) is 87.1 cm³/mol. The van der Waals surface area contributed by atoms with Crippen LogP contribution in [0, 0.1) is 0 Å². The summed E-state index contributed by atoms with van der Waals surface area (Å²) in [6.45, 7) is 0.173. The topological polar surface area (TPSA) is 71.7 Å². The van der Waals surface area contributed by atoms with Crippen LogP contribution in [0.4, 0.5) is 0 Å². The number of carbonyl (C=O) groups excluding carboxylic acids is 1. The summed E-state index contributed by atoms with van der Waals surface area (Å²) in [5, 5.41) is 13.9. The van der Waals surface area contributed by atoms with Crippen molar-refractivity contribution in [2.45, 2.75) is 6.54 Å². The number of methoxy groups -OCH3 is 1. The number of hydrogen-bond donors (Lipinski definition) is 2. The molecule has 2 N–H and O–H groups in total. The van der Waals surface area contributed by atoms with E-state index in [1.54, 1.807) is 36.4 Å². The molecule has 0 aliphatic rings. The first-order chi connectivity index (χ1) is 11.1. The number of aromatic hydroxyl groups is 1. The van der Waals surface area contributed by atoms with Crippen LogP contribution in [0.5, 0.6) is 11.5 Å². The lowest BCUT2D eigenvalue weighted by atomic mass is 10.2. The Kier molecular flexibility index (Phi) is 4.12. The molecule has 2 aromatic carbocycles. The fourth-order valence-electron chi connectivity index (χ4n) is 2.21. The van der Waals surface area contributed by atoms with Crippen LogP contribution in [0.3, 0.4) is 0 Å². The lowest BCUT2D eigenvalue weighted by Crippen LogP contribution is -2.22.